The molecule has 0 bridgehead atoms. The number of nitrogens with two attached hydrogens (primary N) is 1. The molecule has 79 heavy (non-hydrogen) atoms. The van der Waals surface area contributed by atoms with Crippen LogP contribution in [0.3, 0.4) is 0 Å². The predicted octanol–water partition coefficient (Wildman–Crippen LogP) is 8.72. The van der Waals surface area contributed by atoms with E-state index < -0.39 is 34.4 Å². The number of pyridine rings is 2. The smallest absolute Gasteiger partial charge is 0.345 e. The zero-order valence-corrected chi connectivity index (χ0v) is 47.8. The van der Waals surface area contributed by atoms with E-state index >= 15 is 8.78 Å². The maximum absolute atomic E-state index is 15.6. The van der Waals surface area contributed by atoms with Gasteiger partial charge in [0.15, 0.2) is 0 Å². The summed E-state index contributed by atoms with van der Waals surface area (Å²) in [7, 11) is 0. The van der Waals surface area contributed by atoms with Crippen molar-refractivity contribution in [1.82, 2.24) is 33.7 Å². The number of esters is 1. The Labute approximate surface area is 467 Å². The number of para-hydroxylation sites is 2. The number of hydrogen-bond donors (Lipinski definition) is 2. The number of aromatic nitrogens is 2. The van der Waals surface area contributed by atoms with Crippen LogP contribution < -0.4 is 31.7 Å². The lowest BCUT2D eigenvalue weighted by atomic mass is 10.1. The summed E-state index contributed by atoms with van der Waals surface area (Å²) in [6.07, 6.45) is 5.12. The summed E-state index contributed by atoms with van der Waals surface area (Å²) < 4.78 is 41.9. The number of nitrogens with zero attached hydrogens (tertiary/aromatic N) is 8. The second kappa shape index (κ2) is 24.8. The van der Waals surface area contributed by atoms with Gasteiger partial charge in [-0.3, -0.25) is 33.0 Å². The lowest BCUT2D eigenvalue weighted by Gasteiger charge is -2.38. The summed E-state index contributed by atoms with van der Waals surface area (Å²) in [5.74, 6) is -1.95. The van der Waals surface area contributed by atoms with Crippen molar-refractivity contribution < 1.29 is 23.1 Å². The summed E-state index contributed by atoms with van der Waals surface area (Å²) in [6, 6.07) is 22.7. The molecule has 4 aromatic heterocycles. The minimum atomic E-state index is -0.678. The number of benzene rings is 4. The van der Waals surface area contributed by atoms with Gasteiger partial charge in [0.2, 0.25) is 10.9 Å². The summed E-state index contributed by atoms with van der Waals surface area (Å²) in [6.45, 7) is 24.6. The van der Waals surface area contributed by atoms with Gasteiger partial charge in [-0.2, -0.15) is 0 Å². The molecule has 1 amide bonds. The average molecular weight is 1120 g/mol. The third-order valence-corrected chi connectivity index (χ3v) is 18.3. The van der Waals surface area contributed by atoms with Gasteiger partial charge >= 0.3 is 5.97 Å². The highest BCUT2D eigenvalue weighted by Gasteiger charge is 2.29. The van der Waals surface area contributed by atoms with Crippen molar-refractivity contribution in [3.8, 4) is 0 Å². The first-order chi connectivity index (χ1) is 38.3. The van der Waals surface area contributed by atoms with Crippen LogP contribution in [-0.4, -0.2) is 164 Å². The molecular formula is C60H74F2N10O5S2. The number of nitrogens with one attached hydrogen (secondary N) is 1. The Morgan fingerprint density at radius 3 is 1.47 bits per heavy atom. The van der Waals surface area contributed by atoms with Crippen LogP contribution in [0.5, 0.6) is 0 Å². The molecule has 4 aromatic carbocycles. The Balaban J connectivity index is 0.000000157. The SMILES string of the molecule is CC(C)N1CCN(c2cc3c(cc2F)c(=O)c(C(=O)NCCN2CCCC2)c2sc4ccccc4n23)CC1.CCOC(=O)c1c(=O)c2cc(F)c(N3CCN(C(C)C)CC3)cc2n2c1sc1ccccc12.NCCN1CCCC1. The Bertz CT molecular complexity index is 3620. The number of rotatable bonds is 12. The third-order valence-electron chi connectivity index (χ3n) is 16.0. The van der Waals surface area contributed by atoms with E-state index in [9.17, 15) is 19.2 Å². The highest BCUT2D eigenvalue weighted by Crippen LogP contribution is 2.36. The fraction of sp³-hybridized carbons (Fsp3) is 0.467. The molecule has 15 nitrogen and oxygen atoms in total. The Morgan fingerprint density at radius 1 is 0.595 bits per heavy atom. The summed E-state index contributed by atoms with van der Waals surface area (Å²) >= 11 is 2.80. The molecule has 19 heteroatoms. The first kappa shape index (κ1) is 56.2. The molecular weight excluding hydrogens is 1040 g/mol. The quantitative estimate of drug-likeness (QED) is 0.113. The van der Waals surface area contributed by atoms with Crippen LogP contribution in [0.2, 0.25) is 0 Å². The topological polar surface area (TPSA) is 144 Å². The van der Waals surface area contributed by atoms with E-state index in [0.29, 0.717) is 63.8 Å². The van der Waals surface area contributed by atoms with Crippen LogP contribution in [0.4, 0.5) is 20.2 Å². The average Bonchev–Trinajstić information content (AvgIpc) is 4.27. The van der Waals surface area contributed by atoms with Crippen LogP contribution in [0, 0.1) is 11.6 Å². The maximum Gasteiger partial charge on any atom is 0.345 e. The highest BCUT2D eigenvalue weighted by molar-refractivity contribution is 7.24. The highest BCUT2D eigenvalue weighted by atomic mass is 32.1. The zero-order chi connectivity index (χ0) is 55.5. The number of halogens is 2. The molecule has 4 aliphatic rings. The number of fused-ring (bicyclic) bond motifs is 10. The maximum atomic E-state index is 15.6. The van der Waals surface area contributed by atoms with E-state index in [4.69, 9.17) is 10.5 Å². The molecule has 8 heterocycles. The van der Waals surface area contributed by atoms with Crippen LogP contribution in [0.25, 0.3) is 51.9 Å². The first-order valence-electron chi connectivity index (χ1n) is 28.2. The molecule has 0 spiro atoms. The molecule has 4 aliphatic heterocycles. The molecule has 8 aromatic rings. The third kappa shape index (κ3) is 11.6. The van der Waals surface area contributed by atoms with E-state index in [1.165, 1.54) is 73.6 Å². The molecule has 4 fully saturated rings. The van der Waals surface area contributed by atoms with Crippen LogP contribution in [0.1, 0.15) is 81.0 Å². The lowest BCUT2D eigenvalue weighted by Crippen LogP contribution is -2.49. The Kier molecular flexibility index (Phi) is 17.6. The molecule has 0 radical (unpaired) electrons. The van der Waals surface area contributed by atoms with E-state index in [2.05, 4.69) is 57.5 Å². The van der Waals surface area contributed by atoms with Crippen molar-refractivity contribution in [3.63, 3.8) is 0 Å². The van der Waals surface area contributed by atoms with Crippen LogP contribution in [0.15, 0.2) is 82.4 Å². The van der Waals surface area contributed by atoms with Crippen LogP contribution >= 0.6 is 22.7 Å². The van der Waals surface area contributed by atoms with Gasteiger partial charge in [-0.1, -0.05) is 24.3 Å². The van der Waals surface area contributed by atoms with Crippen molar-refractivity contribution >= 4 is 97.8 Å². The van der Waals surface area contributed by atoms with Crippen LogP contribution in [-0.2, 0) is 4.74 Å². The van der Waals surface area contributed by atoms with E-state index in [-0.39, 0.29) is 28.5 Å². The predicted molar refractivity (Wildman–Crippen MR) is 320 cm³/mol. The van der Waals surface area contributed by atoms with Gasteiger partial charge in [-0.25, -0.2) is 13.6 Å². The van der Waals surface area contributed by atoms with Gasteiger partial charge in [0, 0.05) is 90.6 Å². The number of carbonyl (C=O) groups is 2. The van der Waals surface area contributed by atoms with Gasteiger partial charge in [0.1, 0.15) is 32.4 Å². The monoisotopic (exact) mass is 1120 g/mol. The van der Waals surface area contributed by atoms with Gasteiger partial charge in [0.05, 0.1) is 60.2 Å². The van der Waals surface area contributed by atoms with Crippen molar-refractivity contribution in [2.45, 2.75) is 72.4 Å². The minimum Gasteiger partial charge on any atom is -0.462 e. The van der Waals surface area contributed by atoms with Crippen molar-refractivity contribution in [2.75, 3.05) is 121 Å². The minimum absolute atomic E-state index is 0.0387. The Hall–Kier alpha value is -6.06. The Morgan fingerprint density at radius 2 is 1.03 bits per heavy atom. The van der Waals surface area contributed by atoms with E-state index in [1.807, 2.05) is 62.2 Å². The van der Waals surface area contributed by atoms with Crippen molar-refractivity contribution in [2.24, 2.45) is 5.73 Å². The van der Waals surface area contributed by atoms with Gasteiger partial charge < -0.3 is 35.4 Å². The van der Waals surface area contributed by atoms with Gasteiger partial charge in [-0.15, -0.1) is 22.7 Å². The number of anilines is 2. The number of piperazine rings is 2. The largest absolute Gasteiger partial charge is 0.462 e. The molecule has 0 unspecified atom stereocenters. The number of likely N-dealkylation sites (tertiary alicyclic amines) is 2. The van der Waals surface area contributed by atoms with Crippen molar-refractivity contribution in [1.29, 1.82) is 0 Å². The molecule has 12 rings (SSSR count). The lowest BCUT2D eigenvalue weighted by molar-refractivity contribution is 0.0527. The second-order valence-electron chi connectivity index (χ2n) is 21.6. The molecule has 0 aliphatic carbocycles. The summed E-state index contributed by atoms with van der Waals surface area (Å²) in [4.78, 5) is 68.1. The van der Waals surface area contributed by atoms with Crippen molar-refractivity contribution in [3.05, 3.63) is 116 Å². The number of carbonyl (C=O) groups excluding carboxylic acids is 2. The second-order valence-corrected chi connectivity index (χ2v) is 23.6. The number of hydrogen-bond acceptors (Lipinski definition) is 14. The van der Waals surface area contributed by atoms with E-state index in [1.54, 1.807) is 19.1 Å². The fourth-order valence-electron chi connectivity index (χ4n) is 11.7. The summed E-state index contributed by atoms with van der Waals surface area (Å²) in [5.41, 5.74) is 8.52. The molecule has 4 saturated heterocycles. The molecule has 420 valence electrons. The number of ether oxygens (including phenoxy) is 1. The molecule has 3 N–H and O–H groups in total. The van der Waals surface area contributed by atoms with E-state index in [0.717, 1.165) is 92.4 Å². The first-order valence-corrected chi connectivity index (χ1v) is 29.9. The molecule has 0 saturated carbocycles. The summed E-state index contributed by atoms with van der Waals surface area (Å²) in [5, 5.41) is 3.38. The zero-order valence-electron chi connectivity index (χ0n) is 46.2. The molecule has 0 atom stereocenters. The number of amides is 1. The number of thiazole rings is 2. The van der Waals surface area contributed by atoms with Gasteiger partial charge in [0.25, 0.3) is 5.91 Å². The normalized spacial score (nSPS) is 17.0. The van der Waals surface area contributed by atoms with Gasteiger partial charge in [-0.05, 0) is 135 Å². The standard InChI is InChI=1S/C29H34FN5O2S.C25H26FN3O3S.C6H14N2/c1-19(2)33-13-15-34(16-14-33)24-18-23-20(17-21(24)30)27(36)26(28(37)31-9-12-32-10-5-6-11-32)29-35(23)22-7-3-4-8-25(22)38-29;1-4-32-25(31)22-23(30)16-13-17(26)20(28-11-9-27(10-12-28)15(2)3)14-19(16)29-18-7-5-6-8-21(18)33-24(22)29;7-3-6-8-4-1-2-5-8/h3-4,7-8,17-19H,5-6,9-16H2,1-2H3,(H,31,37);5-8,13-15H,4,9-12H2,1-3H3;1-7H2. The fourth-order valence-corrected chi connectivity index (χ4v) is 14.1.